The average Bonchev–Trinajstić information content (AvgIpc) is 2.79. The first-order valence-electron chi connectivity index (χ1n) is 10.5. The molecule has 0 radical (unpaired) electrons. The van der Waals surface area contributed by atoms with Gasteiger partial charge in [0.05, 0.1) is 23.2 Å². The van der Waals surface area contributed by atoms with Gasteiger partial charge in [0.2, 0.25) is 0 Å². The van der Waals surface area contributed by atoms with Crippen molar-refractivity contribution in [2.75, 3.05) is 53.5 Å². The van der Waals surface area contributed by atoms with E-state index in [1.54, 1.807) is 13.0 Å². The van der Waals surface area contributed by atoms with Crippen LogP contribution in [0.5, 0.6) is 5.75 Å². The maximum Gasteiger partial charge on any atom is 0.342 e. The summed E-state index contributed by atoms with van der Waals surface area (Å²) in [6, 6.07) is 6.95. The number of esters is 2. The first-order valence-corrected chi connectivity index (χ1v) is 10.5. The molecule has 1 aliphatic heterocycles. The largest absolute Gasteiger partial charge is 0.507 e. The maximum atomic E-state index is 13.2. The van der Waals surface area contributed by atoms with E-state index in [4.69, 9.17) is 9.47 Å². The molecule has 0 spiro atoms. The third-order valence-electron chi connectivity index (χ3n) is 5.70. The van der Waals surface area contributed by atoms with Crippen molar-refractivity contribution >= 4 is 17.6 Å². The number of phenols is 1. The molecular formula is C23H27N3O7. The van der Waals surface area contributed by atoms with E-state index in [0.29, 0.717) is 12.1 Å². The zero-order valence-corrected chi connectivity index (χ0v) is 18.9. The number of carbonyl (C=O) groups excluding carboxylic acids is 2. The number of rotatable bonds is 7. The van der Waals surface area contributed by atoms with Crippen LogP contribution in [0, 0.1) is 17.0 Å². The van der Waals surface area contributed by atoms with Gasteiger partial charge in [-0.2, -0.15) is 0 Å². The van der Waals surface area contributed by atoms with E-state index >= 15 is 0 Å². The highest BCUT2D eigenvalue weighted by Gasteiger charge is 2.31. The molecule has 2 aromatic rings. The van der Waals surface area contributed by atoms with Gasteiger partial charge in [0.25, 0.3) is 5.69 Å². The number of nitro groups is 1. The number of hydrogen-bond acceptors (Lipinski definition) is 9. The fourth-order valence-corrected chi connectivity index (χ4v) is 3.90. The van der Waals surface area contributed by atoms with Crippen LogP contribution >= 0.6 is 0 Å². The number of phenolic OH excluding ortho intramolecular Hbond substituents is 1. The van der Waals surface area contributed by atoms with E-state index in [2.05, 4.69) is 9.80 Å². The average molecular weight is 457 g/mol. The molecule has 1 aliphatic rings. The molecule has 0 bridgehead atoms. The molecule has 176 valence electrons. The number of aromatic hydroxyl groups is 1. The second kappa shape index (κ2) is 10.4. The Balaban J connectivity index is 2.01. The summed E-state index contributed by atoms with van der Waals surface area (Å²) >= 11 is 0. The molecule has 1 fully saturated rings. The van der Waals surface area contributed by atoms with Gasteiger partial charge in [-0.15, -0.1) is 0 Å². The van der Waals surface area contributed by atoms with Gasteiger partial charge >= 0.3 is 11.9 Å². The van der Waals surface area contributed by atoms with Crippen molar-refractivity contribution in [2.45, 2.75) is 6.92 Å². The predicted molar refractivity (Wildman–Crippen MR) is 120 cm³/mol. The molecule has 1 heterocycles. The summed E-state index contributed by atoms with van der Waals surface area (Å²) in [7, 11) is 3.17. The summed E-state index contributed by atoms with van der Waals surface area (Å²) in [5.74, 6) is -2.10. The van der Waals surface area contributed by atoms with Gasteiger partial charge in [-0.3, -0.25) is 15.0 Å². The molecule has 0 aliphatic carbocycles. The molecule has 10 nitrogen and oxygen atoms in total. The summed E-state index contributed by atoms with van der Waals surface area (Å²) in [4.78, 5) is 41.1. The van der Waals surface area contributed by atoms with Crippen molar-refractivity contribution in [3.63, 3.8) is 0 Å². The highest BCUT2D eigenvalue weighted by molar-refractivity contribution is 6.09. The van der Waals surface area contributed by atoms with Crippen molar-refractivity contribution in [3.05, 3.63) is 57.1 Å². The number of nitrogens with zero attached hydrogens (tertiary/aromatic N) is 3. The third-order valence-corrected chi connectivity index (χ3v) is 5.70. The maximum absolute atomic E-state index is 13.2. The first kappa shape index (κ1) is 24.1. The Morgan fingerprint density at radius 1 is 1.12 bits per heavy atom. The van der Waals surface area contributed by atoms with Crippen LogP contribution in [0.1, 0.15) is 26.3 Å². The van der Waals surface area contributed by atoms with Crippen molar-refractivity contribution in [2.24, 2.45) is 0 Å². The normalized spacial score (nSPS) is 14.6. The van der Waals surface area contributed by atoms with E-state index in [1.807, 2.05) is 7.05 Å². The van der Waals surface area contributed by atoms with Crippen LogP contribution in [0.25, 0.3) is 11.1 Å². The van der Waals surface area contributed by atoms with Gasteiger partial charge in [-0.25, -0.2) is 9.59 Å². The minimum absolute atomic E-state index is 0.00733. The van der Waals surface area contributed by atoms with Crippen molar-refractivity contribution in [1.29, 1.82) is 0 Å². The molecule has 3 rings (SSSR count). The lowest BCUT2D eigenvalue weighted by molar-refractivity contribution is -0.384. The van der Waals surface area contributed by atoms with Gasteiger partial charge in [-0.1, -0.05) is 12.1 Å². The zero-order chi connectivity index (χ0) is 24.1. The molecule has 0 atom stereocenters. The molecule has 0 aromatic heterocycles. The number of nitro benzene ring substituents is 1. The van der Waals surface area contributed by atoms with Crippen LogP contribution in [0.4, 0.5) is 5.69 Å². The van der Waals surface area contributed by atoms with E-state index in [-0.39, 0.29) is 34.5 Å². The fourth-order valence-electron chi connectivity index (χ4n) is 3.90. The second-order valence-electron chi connectivity index (χ2n) is 7.88. The van der Waals surface area contributed by atoms with Gasteiger partial charge < -0.3 is 19.5 Å². The van der Waals surface area contributed by atoms with Crippen LogP contribution < -0.4 is 0 Å². The van der Waals surface area contributed by atoms with Crippen molar-refractivity contribution < 1.29 is 29.1 Å². The SMILES string of the molecule is COC(=O)c1c(O)cc(C)c(C(=O)OCCN2CCN(C)CC2)c1-c1ccccc1[N+](=O)[O-]. The van der Waals surface area contributed by atoms with Crippen LogP contribution in [0.3, 0.4) is 0 Å². The monoisotopic (exact) mass is 457 g/mol. The Morgan fingerprint density at radius 2 is 1.79 bits per heavy atom. The molecule has 0 amide bonds. The first-order chi connectivity index (χ1) is 15.7. The molecule has 1 saturated heterocycles. The van der Waals surface area contributed by atoms with Gasteiger partial charge in [0.1, 0.15) is 17.9 Å². The zero-order valence-electron chi connectivity index (χ0n) is 18.9. The van der Waals surface area contributed by atoms with Gasteiger partial charge in [-0.05, 0) is 31.7 Å². The number of ether oxygens (including phenoxy) is 2. The standard InChI is InChI=1S/C23H27N3O7/c1-15-14-18(27)21(22(28)32-3)20(16-6-4-5-7-17(16)26(30)31)19(15)23(29)33-13-12-25-10-8-24(2)9-11-25/h4-7,14,27H,8-13H2,1-3H3. The molecule has 33 heavy (non-hydrogen) atoms. The quantitative estimate of drug-likeness (QED) is 0.379. The number of aryl methyl sites for hydroxylation is 1. The van der Waals surface area contributed by atoms with Crippen LogP contribution in [0.15, 0.2) is 30.3 Å². The lowest BCUT2D eigenvalue weighted by Crippen LogP contribution is -2.45. The van der Waals surface area contributed by atoms with Crippen LogP contribution in [0.2, 0.25) is 0 Å². The summed E-state index contributed by atoms with van der Waals surface area (Å²) < 4.78 is 10.3. The topological polar surface area (TPSA) is 122 Å². The third kappa shape index (κ3) is 5.29. The molecule has 1 N–H and O–H groups in total. The number of hydrogen-bond donors (Lipinski definition) is 1. The Labute approximate surface area is 191 Å². The van der Waals surface area contributed by atoms with E-state index in [0.717, 1.165) is 33.3 Å². The van der Waals surface area contributed by atoms with Crippen molar-refractivity contribution in [3.8, 4) is 16.9 Å². The fraction of sp³-hybridized carbons (Fsp3) is 0.391. The number of methoxy groups -OCH3 is 1. The molecule has 10 heteroatoms. The number of piperazine rings is 1. The van der Waals surface area contributed by atoms with Crippen LogP contribution in [-0.2, 0) is 9.47 Å². The van der Waals surface area contributed by atoms with Crippen LogP contribution in [-0.4, -0.2) is 85.3 Å². The Morgan fingerprint density at radius 3 is 2.42 bits per heavy atom. The lowest BCUT2D eigenvalue weighted by atomic mass is 9.89. The minimum atomic E-state index is -0.924. The van der Waals surface area contributed by atoms with E-state index in [1.165, 1.54) is 24.3 Å². The minimum Gasteiger partial charge on any atom is -0.507 e. The lowest BCUT2D eigenvalue weighted by Gasteiger charge is -2.32. The number of likely N-dealkylation sites (N-methyl/N-ethyl adjacent to an activating group) is 1. The molecular weight excluding hydrogens is 430 g/mol. The summed E-state index contributed by atoms with van der Waals surface area (Å²) in [5, 5.41) is 22.2. The highest BCUT2D eigenvalue weighted by atomic mass is 16.6. The smallest absolute Gasteiger partial charge is 0.342 e. The molecule has 0 saturated carbocycles. The molecule has 0 unspecified atom stereocenters. The summed E-state index contributed by atoms with van der Waals surface area (Å²) in [6.45, 7) is 5.80. The Hall–Kier alpha value is -3.50. The van der Waals surface area contributed by atoms with Crippen molar-refractivity contribution in [1.82, 2.24) is 9.80 Å². The van der Waals surface area contributed by atoms with E-state index < -0.39 is 22.6 Å². The molecule has 2 aromatic carbocycles. The Kier molecular flexibility index (Phi) is 7.62. The summed E-state index contributed by atoms with van der Waals surface area (Å²) in [5.41, 5.74) is -0.439. The predicted octanol–water partition coefficient (Wildman–Crippen LogP) is 2.47. The Bertz CT molecular complexity index is 1060. The van der Waals surface area contributed by atoms with Gasteiger partial charge in [0, 0.05) is 44.4 Å². The van der Waals surface area contributed by atoms with Gasteiger partial charge in [0.15, 0.2) is 0 Å². The number of carbonyl (C=O) groups is 2. The number of para-hydroxylation sites is 1. The number of benzene rings is 2. The highest BCUT2D eigenvalue weighted by Crippen LogP contribution is 2.40. The van der Waals surface area contributed by atoms with E-state index in [9.17, 15) is 24.8 Å². The summed E-state index contributed by atoms with van der Waals surface area (Å²) in [6.07, 6.45) is 0. The second-order valence-corrected chi connectivity index (χ2v) is 7.88.